The van der Waals surface area contributed by atoms with Crippen LogP contribution in [-0.4, -0.2) is 10.9 Å². The van der Waals surface area contributed by atoms with E-state index in [1.807, 2.05) is 54.3 Å². The summed E-state index contributed by atoms with van der Waals surface area (Å²) < 4.78 is 0. The molecule has 2 aromatic rings. The minimum absolute atomic E-state index is 0.00979. The molecule has 0 spiro atoms. The lowest BCUT2D eigenvalue weighted by molar-refractivity contribution is -0.124. The molecule has 3 nitrogen and oxygen atoms in total. The number of carbonyl (C=O) groups excluding carboxylic acids is 1. The molecule has 1 saturated heterocycles. The van der Waals surface area contributed by atoms with Crippen LogP contribution in [0.2, 0.25) is 5.02 Å². The molecule has 1 aliphatic rings. The van der Waals surface area contributed by atoms with Crippen LogP contribution in [0, 0.1) is 12.8 Å². The number of halogens is 1. The number of pyridine rings is 1. The monoisotopic (exact) mass is 340 g/mol. The smallest absolute Gasteiger partial charge is 0.232 e. The van der Waals surface area contributed by atoms with Crippen molar-refractivity contribution in [3.05, 3.63) is 71.4 Å². The van der Waals surface area contributed by atoms with Crippen molar-refractivity contribution >= 4 is 23.3 Å². The SMILES string of the molecule is C=CCC1CC[C@@H](c2ccc(Cl)cc2)N(c2ncccc2C)C1=O. The van der Waals surface area contributed by atoms with E-state index in [1.165, 1.54) is 0 Å². The average molecular weight is 341 g/mol. The van der Waals surface area contributed by atoms with Crippen LogP contribution in [0.4, 0.5) is 5.82 Å². The Bertz CT molecular complexity index is 742. The number of amides is 1. The molecule has 0 N–H and O–H groups in total. The van der Waals surface area contributed by atoms with E-state index >= 15 is 0 Å². The van der Waals surface area contributed by atoms with Gasteiger partial charge in [-0.1, -0.05) is 35.9 Å². The molecule has 1 amide bonds. The lowest BCUT2D eigenvalue weighted by atomic mass is 9.86. The molecule has 0 saturated carbocycles. The maximum Gasteiger partial charge on any atom is 0.232 e. The van der Waals surface area contributed by atoms with Gasteiger partial charge in [0.1, 0.15) is 5.82 Å². The number of allylic oxidation sites excluding steroid dienone is 1. The lowest BCUT2D eigenvalue weighted by Gasteiger charge is -2.39. The van der Waals surface area contributed by atoms with Gasteiger partial charge in [0.25, 0.3) is 0 Å². The highest BCUT2D eigenvalue weighted by atomic mass is 35.5. The Hall–Kier alpha value is -2.13. The summed E-state index contributed by atoms with van der Waals surface area (Å²) in [5.41, 5.74) is 2.10. The van der Waals surface area contributed by atoms with Gasteiger partial charge in [0.05, 0.1) is 6.04 Å². The molecule has 124 valence electrons. The molecule has 1 unspecified atom stereocenters. The van der Waals surface area contributed by atoms with Crippen molar-refractivity contribution in [1.82, 2.24) is 4.98 Å². The van der Waals surface area contributed by atoms with Gasteiger partial charge in [0, 0.05) is 17.1 Å². The highest BCUT2D eigenvalue weighted by molar-refractivity contribution is 6.30. The summed E-state index contributed by atoms with van der Waals surface area (Å²) in [7, 11) is 0. The van der Waals surface area contributed by atoms with E-state index in [9.17, 15) is 4.79 Å². The van der Waals surface area contributed by atoms with E-state index in [0.717, 1.165) is 29.8 Å². The molecule has 0 bridgehead atoms. The minimum atomic E-state index is -0.0209. The van der Waals surface area contributed by atoms with Gasteiger partial charge in [-0.05, 0) is 55.5 Å². The van der Waals surface area contributed by atoms with E-state index in [4.69, 9.17) is 11.6 Å². The van der Waals surface area contributed by atoms with E-state index in [2.05, 4.69) is 11.6 Å². The predicted octanol–water partition coefficient (Wildman–Crippen LogP) is 5.10. The quantitative estimate of drug-likeness (QED) is 0.725. The lowest BCUT2D eigenvalue weighted by Crippen LogP contribution is -2.44. The molecule has 0 aliphatic carbocycles. The van der Waals surface area contributed by atoms with E-state index < -0.39 is 0 Å². The van der Waals surface area contributed by atoms with Crippen molar-refractivity contribution < 1.29 is 4.79 Å². The molecule has 1 aromatic carbocycles. The Kier molecular flexibility index (Phi) is 5.00. The standard InChI is InChI=1S/C20H21ClN2O/c1-3-5-16-9-12-18(15-7-10-17(21)11-8-15)23(20(16)24)19-14(2)6-4-13-22-19/h3-4,6-8,10-11,13,16,18H,1,5,9,12H2,2H3/t16?,18-/m0/s1. The number of piperidine rings is 1. The average Bonchev–Trinajstić information content (AvgIpc) is 2.58. The fourth-order valence-electron chi connectivity index (χ4n) is 3.36. The number of carbonyl (C=O) groups is 1. The molecule has 0 radical (unpaired) electrons. The van der Waals surface area contributed by atoms with Gasteiger partial charge < -0.3 is 0 Å². The van der Waals surface area contributed by atoms with Gasteiger partial charge in [0.2, 0.25) is 5.91 Å². The van der Waals surface area contributed by atoms with E-state index in [1.54, 1.807) is 6.20 Å². The largest absolute Gasteiger partial charge is 0.289 e. The number of anilines is 1. The van der Waals surface area contributed by atoms with E-state index in [0.29, 0.717) is 11.4 Å². The van der Waals surface area contributed by atoms with Crippen molar-refractivity contribution in [3.8, 4) is 0 Å². The fourth-order valence-corrected chi connectivity index (χ4v) is 3.49. The number of rotatable bonds is 4. The first-order chi connectivity index (χ1) is 11.6. The van der Waals surface area contributed by atoms with Crippen LogP contribution >= 0.6 is 11.6 Å². The van der Waals surface area contributed by atoms with Crippen LogP contribution in [0.15, 0.2) is 55.3 Å². The first kappa shape index (κ1) is 16.7. The predicted molar refractivity (Wildman–Crippen MR) is 98.2 cm³/mol. The third-order valence-corrected chi connectivity index (χ3v) is 4.85. The Balaban J connectivity index is 2.03. The molecular weight excluding hydrogens is 320 g/mol. The van der Waals surface area contributed by atoms with E-state index in [-0.39, 0.29) is 17.9 Å². The summed E-state index contributed by atoms with van der Waals surface area (Å²) in [4.78, 5) is 19.5. The van der Waals surface area contributed by atoms with Crippen molar-refractivity contribution in [2.75, 3.05) is 4.90 Å². The van der Waals surface area contributed by atoms with Crippen LogP contribution in [0.5, 0.6) is 0 Å². The topological polar surface area (TPSA) is 33.2 Å². The first-order valence-electron chi connectivity index (χ1n) is 8.23. The normalized spacial score (nSPS) is 20.9. The molecule has 4 heteroatoms. The summed E-state index contributed by atoms with van der Waals surface area (Å²) in [6, 6.07) is 11.6. The zero-order chi connectivity index (χ0) is 17.1. The second-order valence-corrected chi connectivity index (χ2v) is 6.65. The van der Waals surface area contributed by atoms with Gasteiger partial charge in [-0.2, -0.15) is 0 Å². The summed E-state index contributed by atoms with van der Waals surface area (Å²) in [5.74, 6) is 0.853. The first-order valence-corrected chi connectivity index (χ1v) is 8.60. The molecular formula is C20H21ClN2O. The second-order valence-electron chi connectivity index (χ2n) is 6.22. The molecule has 2 heterocycles. The van der Waals surface area contributed by atoms with Crippen LogP contribution in [-0.2, 0) is 4.79 Å². The van der Waals surface area contributed by atoms with Gasteiger partial charge in [-0.15, -0.1) is 6.58 Å². The molecule has 24 heavy (non-hydrogen) atoms. The molecule has 1 aliphatic heterocycles. The Labute approximate surface area is 148 Å². The number of nitrogens with zero attached hydrogens (tertiary/aromatic N) is 2. The number of hydrogen-bond donors (Lipinski definition) is 0. The van der Waals surface area contributed by atoms with Crippen molar-refractivity contribution in [2.45, 2.75) is 32.2 Å². The zero-order valence-electron chi connectivity index (χ0n) is 13.8. The Morgan fingerprint density at radius 1 is 1.29 bits per heavy atom. The molecule has 2 atom stereocenters. The number of hydrogen-bond acceptors (Lipinski definition) is 2. The summed E-state index contributed by atoms with van der Waals surface area (Å²) in [5, 5.41) is 0.700. The number of aromatic nitrogens is 1. The Morgan fingerprint density at radius 2 is 2.04 bits per heavy atom. The molecule has 1 fully saturated rings. The number of benzene rings is 1. The van der Waals surface area contributed by atoms with Crippen LogP contribution in [0.25, 0.3) is 0 Å². The Morgan fingerprint density at radius 3 is 2.71 bits per heavy atom. The van der Waals surface area contributed by atoms with Crippen LogP contribution in [0.1, 0.15) is 36.4 Å². The van der Waals surface area contributed by atoms with Crippen molar-refractivity contribution in [2.24, 2.45) is 5.92 Å². The summed E-state index contributed by atoms with van der Waals surface area (Å²) in [6.07, 6.45) is 6.04. The highest BCUT2D eigenvalue weighted by Gasteiger charge is 2.37. The maximum absolute atomic E-state index is 13.1. The molecule has 1 aromatic heterocycles. The van der Waals surface area contributed by atoms with Crippen molar-refractivity contribution in [3.63, 3.8) is 0 Å². The van der Waals surface area contributed by atoms with Gasteiger partial charge in [0.15, 0.2) is 0 Å². The van der Waals surface area contributed by atoms with Crippen LogP contribution < -0.4 is 4.90 Å². The van der Waals surface area contributed by atoms with Crippen molar-refractivity contribution in [1.29, 1.82) is 0 Å². The molecule has 3 rings (SSSR count). The zero-order valence-corrected chi connectivity index (χ0v) is 14.5. The van der Waals surface area contributed by atoms with Gasteiger partial charge >= 0.3 is 0 Å². The van der Waals surface area contributed by atoms with Gasteiger partial charge in [-0.3, -0.25) is 9.69 Å². The summed E-state index contributed by atoms with van der Waals surface area (Å²) in [6.45, 7) is 5.78. The van der Waals surface area contributed by atoms with Gasteiger partial charge in [-0.25, -0.2) is 4.98 Å². The maximum atomic E-state index is 13.1. The fraction of sp³-hybridized carbons (Fsp3) is 0.300. The third-order valence-electron chi connectivity index (χ3n) is 4.60. The minimum Gasteiger partial charge on any atom is -0.289 e. The third kappa shape index (κ3) is 3.22. The second kappa shape index (κ2) is 7.18. The highest BCUT2D eigenvalue weighted by Crippen LogP contribution is 2.39. The number of aryl methyl sites for hydroxylation is 1. The summed E-state index contributed by atoms with van der Waals surface area (Å²) >= 11 is 6.02. The van der Waals surface area contributed by atoms with Crippen LogP contribution in [0.3, 0.4) is 0 Å².